The summed E-state index contributed by atoms with van der Waals surface area (Å²) in [6.45, 7) is 0. The summed E-state index contributed by atoms with van der Waals surface area (Å²) in [5.74, 6) is 3.42. The van der Waals surface area contributed by atoms with E-state index in [1.165, 1.54) is 0 Å². The average Bonchev–Trinajstić information content (AvgIpc) is 3.39. The van der Waals surface area contributed by atoms with Gasteiger partial charge in [0, 0.05) is 24.0 Å². The van der Waals surface area contributed by atoms with Crippen molar-refractivity contribution in [2.45, 2.75) is 32.1 Å². The summed E-state index contributed by atoms with van der Waals surface area (Å²) in [5, 5.41) is 14.7. The first-order valence-corrected chi connectivity index (χ1v) is 9.32. The van der Waals surface area contributed by atoms with E-state index in [1.807, 2.05) is 60.7 Å². The van der Waals surface area contributed by atoms with E-state index in [2.05, 4.69) is 30.4 Å². The number of unbranched alkanes of at least 4 members (excludes halogenated alkanes) is 2. The maximum atomic E-state index is 4.58. The predicted molar refractivity (Wildman–Crippen MR) is 105 cm³/mol. The van der Waals surface area contributed by atoms with Crippen LogP contribution in [-0.4, -0.2) is 30.4 Å². The minimum atomic E-state index is 0.765. The molecule has 0 unspecified atom stereocenters. The van der Waals surface area contributed by atoms with Crippen molar-refractivity contribution in [3.05, 3.63) is 72.3 Å². The third kappa shape index (κ3) is 4.47. The molecule has 2 N–H and O–H groups in total. The third-order valence-electron chi connectivity index (χ3n) is 4.45. The van der Waals surface area contributed by atoms with Gasteiger partial charge in [0.2, 0.25) is 0 Å². The molecule has 0 aliphatic carbocycles. The van der Waals surface area contributed by atoms with Crippen molar-refractivity contribution >= 4 is 0 Å². The lowest BCUT2D eigenvalue weighted by Gasteiger charge is -1.98. The van der Waals surface area contributed by atoms with Crippen LogP contribution in [0.1, 0.15) is 30.9 Å². The van der Waals surface area contributed by atoms with Crippen LogP contribution in [0.15, 0.2) is 60.7 Å². The molecule has 0 amide bonds. The molecule has 0 aliphatic heterocycles. The van der Waals surface area contributed by atoms with Crippen molar-refractivity contribution in [2.75, 3.05) is 0 Å². The quantitative estimate of drug-likeness (QED) is 0.462. The molecule has 4 aromatic rings. The van der Waals surface area contributed by atoms with E-state index in [1.54, 1.807) is 0 Å². The summed E-state index contributed by atoms with van der Waals surface area (Å²) >= 11 is 0. The van der Waals surface area contributed by atoms with Gasteiger partial charge in [-0.15, -0.1) is 0 Å². The molecule has 0 atom stereocenters. The molecule has 4 rings (SSSR count). The van der Waals surface area contributed by atoms with Crippen molar-refractivity contribution in [3.63, 3.8) is 0 Å². The van der Waals surface area contributed by atoms with Gasteiger partial charge in [-0.1, -0.05) is 67.1 Å². The molecule has 0 radical (unpaired) electrons. The fourth-order valence-electron chi connectivity index (χ4n) is 3.01. The zero-order valence-corrected chi connectivity index (χ0v) is 15.1. The number of hydrogen-bond donors (Lipinski definition) is 2. The Kier molecular flexibility index (Phi) is 5.34. The normalized spacial score (nSPS) is 11.0. The predicted octanol–water partition coefficient (Wildman–Crippen LogP) is 4.21. The average molecular weight is 358 g/mol. The first-order chi connectivity index (χ1) is 13.4. The van der Waals surface area contributed by atoms with Crippen LogP contribution in [-0.2, 0) is 12.8 Å². The molecule has 6 heteroatoms. The Morgan fingerprint density at radius 3 is 1.44 bits per heavy atom. The highest BCUT2D eigenvalue weighted by Gasteiger charge is 2.07. The monoisotopic (exact) mass is 358 g/mol. The molecule has 6 nitrogen and oxygen atoms in total. The van der Waals surface area contributed by atoms with Gasteiger partial charge in [-0.25, -0.2) is 9.97 Å². The number of hydrogen-bond acceptors (Lipinski definition) is 4. The van der Waals surface area contributed by atoms with E-state index in [4.69, 9.17) is 0 Å². The fraction of sp³-hybridized carbons (Fsp3) is 0.238. The third-order valence-corrected chi connectivity index (χ3v) is 4.45. The standard InChI is InChI=1S/C21H22N6/c1-4-10-16(11-5-1)20-22-18(24-26-20)14-8-3-9-15-19-23-21(27-25-19)17-12-6-2-7-13-17/h1-2,4-7,10-13H,3,8-9,14-15H2,(H,22,24,26)(H,23,25,27). The Balaban J connectivity index is 1.21. The SMILES string of the molecule is c1ccc(-c2n[nH]c(CCCCCc3nc(-c4ccccc4)n[nH]3)n2)cc1. The van der Waals surface area contributed by atoms with Crippen molar-refractivity contribution in [1.29, 1.82) is 0 Å². The number of benzene rings is 2. The number of nitrogens with zero attached hydrogens (tertiary/aromatic N) is 4. The minimum Gasteiger partial charge on any atom is -0.263 e. The zero-order valence-electron chi connectivity index (χ0n) is 15.1. The van der Waals surface area contributed by atoms with E-state index in [-0.39, 0.29) is 0 Å². The van der Waals surface area contributed by atoms with Crippen molar-refractivity contribution in [3.8, 4) is 22.8 Å². The molecule has 0 fully saturated rings. The van der Waals surface area contributed by atoms with Crippen molar-refractivity contribution in [1.82, 2.24) is 30.4 Å². The molecule has 27 heavy (non-hydrogen) atoms. The van der Waals surface area contributed by atoms with Gasteiger partial charge >= 0.3 is 0 Å². The molecular weight excluding hydrogens is 336 g/mol. The molecule has 2 heterocycles. The lowest BCUT2D eigenvalue weighted by Crippen LogP contribution is -1.92. The molecule has 0 aliphatic rings. The van der Waals surface area contributed by atoms with Crippen LogP contribution in [0.4, 0.5) is 0 Å². The molecule has 0 saturated carbocycles. The summed E-state index contributed by atoms with van der Waals surface area (Å²) < 4.78 is 0. The highest BCUT2D eigenvalue weighted by atomic mass is 15.2. The van der Waals surface area contributed by atoms with Crippen LogP contribution in [0, 0.1) is 0 Å². The molecule has 0 saturated heterocycles. The lowest BCUT2D eigenvalue weighted by atomic mass is 10.1. The Morgan fingerprint density at radius 2 is 1.00 bits per heavy atom. The second kappa shape index (κ2) is 8.40. The van der Waals surface area contributed by atoms with Crippen molar-refractivity contribution in [2.24, 2.45) is 0 Å². The zero-order chi connectivity index (χ0) is 18.3. The highest BCUT2D eigenvalue weighted by Crippen LogP contribution is 2.16. The summed E-state index contributed by atoms with van der Waals surface area (Å²) in [5.41, 5.74) is 2.08. The van der Waals surface area contributed by atoms with Gasteiger partial charge in [0.05, 0.1) is 0 Å². The van der Waals surface area contributed by atoms with Crippen LogP contribution < -0.4 is 0 Å². The number of nitrogens with one attached hydrogen (secondary N) is 2. The first kappa shape index (κ1) is 17.1. The smallest absolute Gasteiger partial charge is 0.181 e. The van der Waals surface area contributed by atoms with Crippen molar-refractivity contribution < 1.29 is 0 Å². The Bertz CT molecular complexity index is 879. The topological polar surface area (TPSA) is 83.1 Å². The number of rotatable bonds is 8. The van der Waals surface area contributed by atoms with Crippen LogP contribution in [0.25, 0.3) is 22.8 Å². The molecule has 2 aromatic heterocycles. The molecule has 0 bridgehead atoms. The Labute approximate surface area is 158 Å². The second-order valence-corrected chi connectivity index (χ2v) is 6.50. The molecule has 136 valence electrons. The van der Waals surface area contributed by atoms with Gasteiger partial charge in [-0.05, 0) is 12.8 Å². The fourth-order valence-corrected chi connectivity index (χ4v) is 3.01. The van der Waals surface area contributed by atoms with E-state index < -0.39 is 0 Å². The summed E-state index contributed by atoms with van der Waals surface area (Å²) in [6.07, 6.45) is 5.08. The van der Waals surface area contributed by atoms with Crippen LogP contribution in [0.2, 0.25) is 0 Å². The van der Waals surface area contributed by atoms with E-state index in [0.29, 0.717) is 0 Å². The Hall–Kier alpha value is -3.28. The van der Waals surface area contributed by atoms with E-state index in [9.17, 15) is 0 Å². The summed E-state index contributed by atoms with van der Waals surface area (Å²) in [7, 11) is 0. The molecule has 2 aromatic carbocycles. The van der Waals surface area contributed by atoms with E-state index >= 15 is 0 Å². The van der Waals surface area contributed by atoms with Gasteiger partial charge in [-0.2, -0.15) is 10.2 Å². The maximum Gasteiger partial charge on any atom is 0.181 e. The number of aryl methyl sites for hydroxylation is 2. The van der Waals surface area contributed by atoms with Gasteiger partial charge in [0.1, 0.15) is 11.6 Å². The highest BCUT2D eigenvalue weighted by molar-refractivity contribution is 5.54. The van der Waals surface area contributed by atoms with Gasteiger partial charge in [0.25, 0.3) is 0 Å². The summed E-state index contributed by atoms with van der Waals surface area (Å²) in [4.78, 5) is 9.16. The minimum absolute atomic E-state index is 0.765. The van der Waals surface area contributed by atoms with Gasteiger partial charge < -0.3 is 0 Å². The lowest BCUT2D eigenvalue weighted by molar-refractivity contribution is 0.651. The van der Waals surface area contributed by atoms with E-state index in [0.717, 1.165) is 66.5 Å². The Morgan fingerprint density at radius 1 is 0.556 bits per heavy atom. The number of aromatic amines is 2. The first-order valence-electron chi connectivity index (χ1n) is 9.32. The summed E-state index contributed by atoms with van der Waals surface area (Å²) in [6, 6.07) is 20.1. The molecule has 0 spiro atoms. The largest absolute Gasteiger partial charge is 0.263 e. The van der Waals surface area contributed by atoms with Crippen LogP contribution in [0.3, 0.4) is 0 Å². The number of aromatic nitrogens is 6. The van der Waals surface area contributed by atoms with Gasteiger partial charge in [-0.3, -0.25) is 10.2 Å². The second-order valence-electron chi connectivity index (χ2n) is 6.50. The molecular formula is C21H22N6. The van der Waals surface area contributed by atoms with Crippen LogP contribution in [0.5, 0.6) is 0 Å². The maximum absolute atomic E-state index is 4.58. The van der Waals surface area contributed by atoms with Crippen LogP contribution >= 0.6 is 0 Å². The van der Waals surface area contributed by atoms with Gasteiger partial charge in [0.15, 0.2) is 11.6 Å². The number of H-pyrrole nitrogens is 2.